The number of aromatic nitrogens is 2. The van der Waals surface area contributed by atoms with Gasteiger partial charge in [-0.15, -0.1) is 29.5 Å². The second-order valence-electron chi connectivity index (χ2n) is 10.7. The second-order valence-corrected chi connectivity index (χ2v) is 12.6. The molecule has 1 fully saturated rings. The normalized spacial score (nSPS) is 17.1. The number of hydrogen-bond acceptors (Lipinski definition) is 11. The summed E-state index contributed by atoms with van der Waals surface area (Å²) < 4.78 is 6.21. The van der Waals surface area contributed by atoms with Crippen molar-refractivity contribution < 1.29 is 28.8 Å². The highest BCUT2D eigenvalue weighted by Crippen LogP contribution is 2.42. The molecule has 2 N–H and O–H groups in total. The molecule has 250 valence electrons. The molecule has 0 spiro atoms. The maximum absolute atomic E-state index is 14.2. The number of nitrogens with one attached hydrogen (secondary N) is 2. The van der Waals surface area contributed by atoms with E-state index >= 15 is 0 Å². The summed E-state index contributed by atoms with van der Waals surface area (Å²) in [6.07, 6.45) is 11.9. The van der Waals surface area contributed by atoms with Crippen LogP contribution in [-0.4, -0.2) is 68.5 Å². The Morgan fingerprint density at radius 1 is 1.08 bits per heavy atom. The van der Waals surface area contributed by atoms with Crippen LogP contribution in [0.4, 0.5) is 5.13 Å². The molecule has 50 heavy (non-hydrogen) atoms. The highest BCUT2D eigenvalue weighted by atomic mass is 32.2. The molecule has 0 bridgehead atoms. The fraction of sp³-hybridized carbons (Fsp3) is 0.139. The number of rotatable bonds is 13. The van der Waals surface area contributed by atoms with Crippen LogP contribution >= 0.6 is 23.1 Å². The highest BCUT2D eigenvalue weighted by molar-refractivity contribution is 8.00. The van der Waals surface area contributed by atoms with Crippen LogP contribution in [0.5, 0.6) is 0 Å². The predicted octanol–water partition coefficient (Wildman–Crippen LogP) is 4.16. The van der Waals surface area contributed by atoms with Crippen LogP contribution in [0.1, 0.15) is 28.5 Å². The van der Waals surface area contributed by atoms with Gasteiger partial charge in [-0.2, -0.15) is 0 Å². The summed E-state index contributed by atoms with van der Waals surface area (Å²) in [6.45, 7) is -0.215. The van der Waals surface area contributed by atoms with Crippen molar-refractivity contribution in [2.45, 2.75) is 17.5 Å². The molecule has 0 radical (unpaired) electrons. The molecule has 12 nitrogen and oxygen atoms in total. The van der Waals surface area contributed by atoms with Crippen molar-refractivity contribution in [3.8, 4) is 12.3 Å². The van der Waals surface area contributed by atoms with E-state index in [0.717, 1.165) is 28.0 Å². The number of β-lactam (4-membered cyclic amide) rings is 1. The van der Waals surface area contributed by atoms with E-state index in [-0.39, 0.29) is 28.8 Å². The topological polar surface area (TPSA) is 152 Å². The molecule has 2 aliphatic rings. The molecule has 2 aromatic heterocycles. The van der Waals surface area contributed by atoms with Gasteiger partial charge in [0.2, 0.25) is 6.41 Å². The third kappa shape index (κ3) is 7.49. The molecule has 2 aliphatic heterocycles. The summed E-state index contributed by atoms with van der Waals surface area (Å²) in [5.41, 5.74) is 2.83. The van der Waals surface area contributed by atoms with Gasteiger partial charge in [0.15, 0.2) is 23.6 Å². The number of hydrogen-bond donors (Lipinski definition) is 2. The van der Waals surface area contributed by atoms with Crippen LogP contribution in [0.25, 0.3) is 6.08 Å². The van der Waals surface area contributed by atoms with Crippen molar-refractivity contribution in [3.63, 3.8) is 0 Å². The first kappa shape index (κ1) is 33.8. The van der Waals surface area contributed by atoms with Gasteiger partial charge in [0.25, 0.3) is 11.8 Å². The van der Waals surface area contributed by atoms with Crippen molar-refractivity contribution in [2.24, 2.45) is 5.16 Å². The molecular weight excluding hydrogens is 677 g/mol. The zero-order valence-corrected chi connectivity index (χ0v) is 27.8. The molecule has 3 amide bonds. The van der Waals surface area contributed by atoms with E-state index in [4.69, 9.17) is 16.0 Å². The maximum Gasteiger partial charge on any atom is 0.356 e. The van der Waals surface area contributed by atoms with Gasteiger partial charge in [-0.05, 0) is 28.3 Å². The van der Waals surface area contributed by atoms with Crippen LogP contribution < -0.4 is 10.6 Å². The number of nitrogens with zero attached hydrogens (tertiary/aromatic N) is 4. The molecule has 4 aromatic rings. The van der Waals surface area contributed by atoms with Crippen LogP contribution in [0, 0.1) is 12.3 Å². The number of benzene rings is 2. The lowest BCUT2D eigenvalue weighted by Gasteiger charge is -2.49. The number of allylic oxidation sites excluding steroid dienone is 1. The second kappa shape index (κ2) is 15.9. The number of pyridine rings is 1. The summed E-state index contributed by atoms with van der Waals surface area (Å²) in [6, 6.07) is 21.3. The molecule has 1 unspecified atom stereocenters. The molecule has 6 rings (SSSR count). The number of oxime groups is 1. The van der Waals surface area contributed by atoms with Crippen molar-refractivity contribution in [3.05, 3.63) is 130 Å². The Kier molecular flexibility index (Phi) is 10.8. The number of carbonyl (C=O) groups excluding carboxylic acids is 4. The van der Waals surface area contributed by atoms with Crippen LogP contribution in [0.3, 0.4) is 0 Å². The number of ether oxygens (including phenoxy) is 1. The lowest BCUT2D eigenvalue weighted by molar-refractivity contribution is -0.154. The summed E-state index contributed by atoms with van der Waals surface area (Å²) >= 11 is 2.45. The van der Waals surface area contributed by atoms with Crippen molar-refractivity contribution in [1.29, 1.82) is 0 Å². The van der Waals surface area contributed by atoms with Gasteiger partial charge in [0.1, 0.15) is 22.8 Å². The van der Waals surface area contributed by atoms with Gasteiger partial charge < -0.3 is 20.2 Å². The average molecular weight is 705 g/mol. The van der Waals surface area contributed by atoms with Crippen molar-refractivity contribution in [1.82, 2.24) is 20.2 Å². The van der Waals surface area contributed by atoms with Gasteiger partial charge in [-0.25, -0.2) is 9.78 Å². The summed E-state index contributed by atoms with van der Waals surface area (Å²) in [5, 5.41) is 10.1. The third-order valence-electron chi connectivity index (χ3n) is 7.52. The Morgan fingerprint density at radius 3 is 2.48 bits per heavy atom. The highest BCUT2D eigenvalue weighted by Gasteiger charge is 2.54. The average Bonchev–Trinajstić information content (AvgIpc) is 3.62. The Balaban J connectivity index is 1.29. The van der Waals surface area contributed by atoms with E-state index < -0.39 is 35.3 Å². The number of thiazole rings is 1. The largest absolute Gasteiger partial charge is 0.448 e. The smallest absolute Gasteiger partial charge is 0.356 e. The van der Waals surface area contributed by atoms with E-state index in [0.29, 0.717) is 17.7 Å². The Morgan fingerprint density at radius 2 is 1.82 bits per heavy atom. The predicted molar refractivity (Wildman–Crippen MR) is 189 cm³/mol. The van der Waals surface area contributed by atoms with E-state index in [9.17, 15) is 19.2 Å². The van der Waals surface area contributed by atoms with Gasteiger partial charge in [0.05, 0.1) is 0 Å². The van der Waals surface area contributed by atoms with Gasteiger partial charge in [0, 0.05) is 23.5 Å². The zero-order valence-electron chi connectivity index (χ0n) is 26.2. The number of esters is 1. The monoisotopic (exact) mass is 704 g/mol. The molecule has 2 aromatic carbocycles. The van der Waals surface area contributed by atoms with Crippen LogP contribution in [-0.2, 0) is 28.8 Å². The fourth-order valence-corrected chi connectivity index (χ4v) is 7.20. The number of fused-ring (bicyclic) bond motifs is 1. The molecular formula is C36H28N6O6S2. The first-order valence-corrected chi connectivity index (χ1v) is 17.1. The molecule has 0 saturated carbocycles. The quantitative estimate of drug-likeness (QED) is 0.0398. The molecule has 1 saturated heterocycles. The van der Waals surface area contributed by atoms with Crippen LogP contribution in [0.2, 0.25) is 0 Å². The van der Waals surface area contributed by atoms with Crippen molar-refractivity contribution >= 4 is 64.2 Å². The number of amides is 3. The number of carbonyl (C=O) groups is 4. The Labute approximate surface area is 295 Å². The Hall–Kier alpha value is -6.04. The van der Waals surface area contributed by atoms with Crippen LogP contribution in [0.15, 0.2) is 113 Å². The van der Waals surface area contributed by atoms with Gasteiger partial charge >= 0.3 is 5.97 Å². The van der Waals surface area contributed by atoms with E-state index in [1.165, 1.54) is 22.0 Å². The van der Waals surface area contributed by atoms with Gasteiger partial charge in [-0.1, -0.05) is 90.0 Å². The fourth-order valence-electron chi connectivity index (χ4n) is 5.23. The molecule has 2 atom stereocenters. The number of anilines is 1. The summed E-state index contributed by atoms with van der Waals surface area (Å²) in [4.78, 5) is 67.3. The minimum Gasteiger partial charge on any atom is -0.448 e. The molecule has 4 heterocycles. The number of thioether (sulfide) groups is 1. The maximum atomic E-state index is 14.2. The SMILES string of the molecule is C#CCON=C(C(=O)NC1C(=O)N2C(C(=O)OC(c3ccccc3)c3ccccc3)=C(C=Cc3cccnc3)CS[C@H]12)c1csc(NC=O)n1. The molecule has 14 heteroatoms. The lowest BCUT2D eigenvalue weighted by atomic mass is 10.00. The third-order valence-corrected chi connectivity index (χ3v) is 9.59. The zero-order chi connectivity index (χ0) is 34.9. The summed E-state index contributed by atoms with van der Waals surface area (Å²) in [5.74, 6) is 0.628. The number of terminal acetylenes is 1. The molecule has 0 aliphatic carbocycles. The minimum atomic E-state index is -1.01. The van der Waals surface area contributed by atoms with E-state index in [1.807, 2.05) is 72.8 Å². The van der Waals surface area contributed by atoms with E-state index in [2.05, 4.69) is 31.7 Å². The standard InChI is InChI=1S/C36H28N6O6S2/c1-2-18-47-41-28(27-21-50-36(39-27)38-22-43)32(44)40-29-33(45)42-30(26(20-49-34(29)42)16-15-23-10-9-17-37-19-23)35(46)48-31(24-11-5-3-6-12-24)25-13-7-4-8-14-25/h1,3-17,19,21-22,29,31,34H,18,20H2,(H,40,44)(H,38,39,43)/t29?,34-/m1/s1. The first-order chi connectivity index (χ1) is 24.5. The van der Waals surface area contributed by atoms with E-state index in [1.54, 1.807) is 24.5 Å². The van der Waals surface area contributed by atoms with Gasteiger partial charge in [-0.3, -0.25) is 24.3 Å². The first-order valence-electron chi connectivity index (χ1n) is 15.2. The Bertz CT molecular complexity index is 1970. The summed E-state index contributed by atoms with van der Waals surface area (Å²) in [7, 11) is 0. The lowest BCUT2D eigenvalue weighted by Crippen LogP contribution is -2.71. The van der Waals surface area contributed by atoms with Crippen molar-refractivity contribution in [2.75, 3.05) is 17.7 Å². The minimum absolute atomic E-state index is 0.0802.